The summed E-state index contributed by atoms with van der Waals surface area (Å²) >= 11 is 0. The number of nitrogens with two attached hydrogens (primary N) is 1. The van der Waals surface area contributed by atoms with E-state index in [0.29, 0.717) is 23.5 Å². The first-order valence-corrected chi connectivity index (χ1v) is 16.1. The number of amides is 1. The summed E-state index contributed by atoms with van der Waals surface area (Å²) in [5.41, 5.74) is 8.46. The van der Waals surface area contributed by atoms with Crippen molar-refractivity contribution in [2.24, 2.45) is 4.99 Å². The Morgan fingerprint density at radius 1 is 0.980 bits per heavy atom. The number of quaternary nitrogens is 1. The van der Waals surface area contributed by atoms with Gasteiger partial charge in [-0.3, -0.25) is 0 Å². The van der Waals surface area contributed by atoms with Gasteiger partial charge in [-0.15, -0.1) is 4.48 Å². The van der Waals surface area contributed by atoms with Gasteiger partial charge in [-0.05, 0) is 34.9 Å². The summed E-state index contributed by atoms with van der Waals surface area (Å²) in [6, 6.07) is 28.7. The molecule has 3 N–H and O–H groups in total. The zero-order valence-electron chi connectivity index (χ0n) is 27.3. The molecule has 0 bridgehead atoms. The second kappa shape index (κ2) is 13.2. The van der Waals surface area contributed by atoms with Gasteiger partial charge in [-0.1, -0.05) is 91.0 Å². The van der Waals surface area contributed by atoms with E-state index in [1.54, 1.807) is 38.5 Å². The molecule has 1 aliphatic carbocycles. The van der Waals surface area contributed by atoms with Crippen LogP contribution in [0, 0.1) is 0 Å². The van der Waals surface area contributed by atoms with Gasteiger partial charge in [-0.2, -0.15) is 9.98 Å². The normalized spacial score (nSPS) is 24.1. The van der Waals surface area contributed by atoms with Crippen LogP contribution in [0.2, 0.25) is 0 Å². The molecule has 3 aromatic carbocycles. The third-order valence-electron chi connectivity index (χ3n) is 9.61. The van der Waals surface area contributed by atoms with E-state index in [0.717, 1.165) is 16.7 Å². The van der Waals surface area contributed by atoms with Gasteiger partial charge in [0.25, 0.3) is 5.82 Å². The standard InChI is InChI=1S/C38H38N5O6/c1-46-37(47-2)20-18-29(19-21-37)38(27-14-8-4-9-15-27,28-16-10-5-11-17-28)48-23-31-30(44)22-32(49-31)43(36(45)26-12-6-3-7-13-26)25-42-33-34(39)40-24-41-35(33)43/h3-20,24-25,30-32,44H,21-23H2,1-2H3,(H2,39,40,41)/q+1/t30-,31+,32+,43?/m0/s1. The fourth-order valence-electron chi connectivity index (χ4n) is 6.94. The molecule has 0 saturated carbocycles. The number of aliphatic hydroxyl groups is 1. The number of benzene rings is 3. The van der Waals surface area contributed by atoms with Crippen LogP contribution in [0.4, 0.5) is 17.3 Å². The summed E-state index contributed by atoms with van der Waals surface area (Å²) in [5, 5.41) is 11.6. The Morgan fingerprint density at radius 2 is 1.61 bits per heavy atom. The SMILES string of the molecule is COC1(OC)C=CC(C(OC[C@H]2O[C@@H]([N+]3(C(=O)c4ccccc4)C=Nc4c(N)ncnc43)C[C@@H]2O)(c2ccccc2)c2ccccc2)=CC1. The number of methoxy groups -OCH3 is 2. The molecule has 1 saturated heterocycles. The number of anilines is 1. The summed E-state index contributed by atoms with van der Waals surface area (Å²) < 4.78 is 24.6. The second-order valence-corrected chi connectivity index (χ2v) is 12.2. The number of hydrogen-bond acceptors (Lipinski definition) is 10. The van der Waals surface area contributed by atoms with Crippen LogP contribution < -0.4 is 10.2 Å². The molecule has 1 unspecified atom stereocenters. The Bertz CT molecular complexity index is 1860. The number of ether oxygens (including phenoxy) is 4. The predicted octanol–water partition coefficient (Wildman–Crippen LogP) is 5.19. The van der Waals surface area contributed by atoms with Crippen molar-refractivity contribution in [2.75, 3.05) is 26.6 Å². The van der Waals surface area contributed by atoms with Crippen LogP contribution >= 0.6 is 0 Å². The van der Waals surface area contributed by atoms with Crippen molar-refractivity contribution in [2.45, 2.75) is 42.7 Å². The lowest BCUT2D eigenvalue weighted by atomic mass is 9.77. The third kappa shape index (κ3) is 5.50. The number of fused-ring (bicyclic) bond motifs is 1. The average Bonchev–Trinajstić information content (AvgIpc) is 3.75. The summed E-state index contributed by atoms with van der Waals surface area (Å²) in [7, 11) is 3.23. The van der Waals surface area contributed by atoms with Crippen molar-refractivity contribution in [3.05, 3.63) is 138 Å². The van der Waals surface area contributed by atoms with E-state index in [4.69, 9.17) is 24.7 Å². The first kappa shape index (κ1) is 32.7. The summed E-state index contributed by atoms with van der Waals surface area (Å²) in [6.07, 6.45) is 6.60. The molecule has 4 atom stereocenters. The molecular formula is C38H38N5O6+. The molecular weight excluding hydrogens is 622 g/mol. The molecule has 0 spiro atoms. The lowest BCUT2D eigenvalue weighted by molar-refractivity contribution is -0.168. The Morgan fingerprint density at radius 3 is 2.20 bits per heavy atom. The number of aliphatic imine (C=N–C) groups is 1. The van der Waals surface area contributed by atoms with Gasteiger partial charge in [-0.25, -0.2) is 9.78 Å². The minimum Gasteiger partial charge on any atom is -0.390 e. The van der Waals surface area contributed by atoms with Gasteiger partial charge in [0.2, 0.25) is 12.6 Å². The van der Waals surface area contributed by atoms with E-state index in [1.807, 2.05) is 78.9 Å². The maximum Gasteiger partial charge on any atom is 0.360 e. The highest BCUT2D eigenvalue weighted by atomic mass is 16.7. The molecule has 11 heteroatoms. The number of aliphatic hydroxyl groups excluding tert-OH is 1. The van der Waals surface area contributed by atoms with Crippen molar-refractivity contribution >= 4 is 29.6 Å². The Kier molecular flexibility index (Phi) is 8.80. The minimum absolute atomic E-state index is 0.0121. The van der Waals surface area contributed by atoms with Gasteiger partial charge in [0, 0.05) is 20.6 Å². The van der Waals surface area contributed by atoms with Crippen LogP contribution in [-0.4, -0.2) is 72.4 Å². The molecule has 1 amide bonds. The Labute approximate surface area is 284 Å². The van der Waals surface area contributed by atoms with Gasteiger partial charge < -0.3 is 29.8 Å². The lowest BCUT2D eigenvalue weighted by Crippen LogP contribution is -2.59. The number of carbonyl (C=O) groups excluding carboxylic acids is 1. The molecule has 4 aromatic rings. The zero-order chi connectivity index (χ0) is 34.1. The zero-order valence-corrected chi connectivity index (χ0v) is 27.3. The number of nitrogen functional groups attached to an aromatic ring is 1. The third-order valence-corrected chi connectivity index (χ3v) is 9.61. The fourth-order valence-corrected chi connectivity index (χ4v) is 6.94. The molecule has 7 rings (SSSR count). The maximum absolute atomic E-state index is 14.4. The van der Waals surface area contributed by atoms with Crippen LogP contribution in [0.1, 0.15) is 34.3 Å². The van der Waals surface area contributed by atoms with E-state index >= 15 is 0 Å². The Balaban J connectivity index is 1.26. The smallest absolute Gasteiger partial charge is 0.360 e. The number of carbonyl (C=O) groups is 1. The number of rotatable bonds is 10. The highest BCUT2D eigenvalue weighted by molar-refractivity contribution is 6.15. The lowest BCUT2D eigenvalue weighted by Gasteiger charge is -2.40. The highest BCUT2D eigenvalue weighted by Crippen LogP contribution is 2.47. The summed E-state index contributed by atoms with van der Waals surface area (Å²) in [5.74, 6) is -0.777. The molecule has 3 aliphatic rings. The largest absolute Gasteiger partial charge is 0.390 e. The van der Waals surface area contributed by atoms with E-state index in [1.165, 1.54) is 12.7 Å². The van der Waals surface area contributed by atoms with E-state index in [9.17, 15) is 9.90 Å². The minimum atomic E-state index is -1.09. The quantitative estimate of drug-likeness (QED) is 0.174. The summed E-state index contributed by atoms with van der Waals surface area (Å²) in [4.78, 5) is 27.4. The van der Waals surface area contributed by atoms with Crippen LogP contribution in [0.15, 0.2) is 126 Å². The summed E-state index contributed by atoms with van der Waals surface area (Å²) in [6.45, 7) is -0.0121. The van der Waals surface area contributed by atoms with Crippen molar-refractivity contribution < 1.29 is 28.8 Å². The molecule has 1 aromatic heterocycles. The van der Waals surface area contributed by atoms with Gasteiger partial charge in [0.1, 0.15) is 18.0 Å². The second-order valence-electron chi connectivity index (χ2n) is 12.2. The van der Waals surface area contributed by atoms with Crippen molar-refractivity contribution in [1.82, 2.24) is 14.5 Å². The van der Waals surface area contributed by atoms with Crippen LogP contribution in [0.5, 0.6) is 0 Å². The first-order valence-electron chi connectivity index (χ1n) is 16.1. The molecule has 1 fully saturated rings. The van der Waals surface area contributed by atoms with Gasteiger partial charge >= 0.3 is 5.91 Å². The number of aromatic nitrogens is 2. The number of hydrogen-bond donors (Lipinski definition) is 2. The van der Waals surface area contributed by atoms with Gasteiger partial charge in [0.15, 0.2) is 17.3 Å². The Hall–Kier alpha value is -4.88. The first-order chi connectivity index (χ1) is 23.9. The predicted molar refractivity (Wildman–Crippen MR) is 185 cm³/mol. The average molecular weight is 661 g/mol. The van der Waals surface area contributed by atoms with Crippen molar-refractivity contribution in [3.8, 4) is 0 Å². The van der Waals surface area contributed by atoms with Gasteiger partial charge in [0.05, 0.1) is 24.7 Å². The van der Waals surface area contributed by atoms with E-state index in [2.05, 4.69) is 21.0 Å². The maximum atomic E-state index is 14.4. The van der Waals surface area contributed by atoms with E-state index in [-0.39, 0.29) is 24.8 Å². The van der Waals surface area contributed by atoms with Crippen LogP contribution in [0.3, 0.4) is 0 Å². The molecule has 2 aliphatic heterocycles. The fraction of sp³-hybridized carbons (Fsp3) is 0.263. The molecule has 49 heavy (non-hydrogen) atoms. The van der Waals surface area contributed by atoms with Crippen molar-refractivity contribution in [1.29, 1.82) is 0 Å². The molecule has 11 nitrogen and oxygen atoms in total. The monoisotopic (exact) mass is 660 g/mol. The number of nitrogens with zero attached hydrogens (tertiary/aromatic N) is 4. The van der Waals surface area contributed by atoms with Crippen molar-refractivity contribution in [3.63, 3.8) is 0 Å². The van der Waals surface area contributed by atoms with Crippen LogP contribution in [0.25, 0.3) is 0 Å². The molecule has 3 heterocycles. The highest BCUT2D eigenvalue weighted by Gasteiger charge is 2.58. The molecule has 250 valence electrons. The topological polar surface area (TPSA) is 138 Å². The van der Waals surface area contributed by atoms with E-state index < -0.39 is 34.3 Å². The van der Waals surface area contributed by atoms with Crippen LogP contribution in [-0.2, 0) is 24.5 Å². The molecule has 0 radical (unpaired) electrons.